The molecule has 0 spiro atoms. The molecule has 1 N–H and O–H groups in total. The number of hydrogen-bond donors (Lipinski definition) is 1. The highest BCUT2D eigenvalue weighted by atomic mass is 16.4. The molecule has 0 aromatic carbocycles. The summed E-state index contributed by atoms with van der Waals surface area (Å²) in [4.78, 5) is 14.0. The van der Waals surface area contributed by atoms with Gasteiger partial charge in [0.25, 0.3) is 0 Å². The van der Waals surface area contributed by atoms with Crippen molar-refractivity contribution in [3.05, 3.63) is 0 Å². The fourth-order valence-corrected chi connectivity index (χ4v) is 1.34. The van der Waals surface area contributed by atoms with Crippen LogP contribution >= 0.6 is 0 Å². The first-order valence-electron chi connectivity index (χ1n) is 3.75. The van der Waals surface area contributed by atoms with Crippen molar-refractivity contribution in [2.75, 3.05) is 27.2 Å². The topological polar surface area (TPSA) is 43.8 Å². The fraction of sp³-hybridized carbons (Fsp3) is 0.857. The van der Waals surface area contributed by atoms with Crippen molar-refractivity contribution in [3.63, 3.8) is 0 Å². The second kappa shape index (κ2) is 3.09. The van der Waals surface area contributed by atoms with E-state index in [1.54, 1.807) is 0 Å². The highest BCUT2D eigenvalue weighted by Crippen LogP contribution is 2.12. The normalized spacial score (nSPS) is 24.6. The van der Waals surface area contributed by atoms with E-state index in [1.807, 2.05) is 14.1 Å². The van der Waals surface area contributed by atoms with E-state index in [0.717, 1.165) is 6.42 Å². The highest BCUT2D eigenvalue weighted by Gasteiger charge is 2.26. The largest absolute Gasteiger partial charge is 0.465 e. The maximum atomic E-state index is 10.5. The molecule has 1 amide bonds. The Morgan fingerprint density at radius 1 is 1.64 bits per heavy atom. The minimum atomic E-state index is -0.797. The molecule has 0 aromatic heterocycles. The summed E-state index contributed by atoms with van der Waals surface area (Å²) in [5.41, 5.74) is 0. The lowest BCUT2D eigenvalue weighted by Gasteiger charge is -2.18. The maximum absolute atomic E-state index is 10.5. The molecule has 0 saturated carbocycles. The van der Waals surface area contributed by atoms with Gasteiger partial charge in [-0.15, -0.1) is 0 Å². The van der Waals surface area contributed by atoms with Crippen molar-refractivity contribution in [2.24, 2.45) is 0 Å². The predicted octanol–water partition coefficient (Wildman–Crippen LogP) is 0.300. The van der Waals surface area contributed by atoms with Crippen LogP contribution in [0.2, 0.25) is 0 Å². The second-order valence-corrected chi connectivity index (χ2v) is 3.13. The van der Waals surface area contributed by atoms with Gasteiger partial charge in [-0.1, -0.05) is 0 Å². The average molecular weight is 158 g/mol. The molecule has 0 unspecified atom stereocenters. The molecular weight excluding hydrogens is 144 g/mol. The van der Waals surface area contributed by atoms with Crippen LogP contribution in [-0.4, -0.2) is 54.2 Å². The lowest BCUT2D eigenvalue weighted by molar-refractivity contribution is 0.152. The molecule has 4 heteroatoms. The summed E-state index contributed by atoms with van der Waals surface area (Å²) < 4.78 is 0. The van der Waals surface area contributed by atoms with Crippen LogP contribution in [-0.2, 0) is 0 Å². The van der Waals surface area contributed by atoms with Crippen molar-refractivity contribution in [1.29, 1.82) is 0 Å². The van der Waals surface area contributed by atoms with Gasteiger partial charge in [0.2, 0.25) is 0 Å². The Labute approximate surface area is 66.4 Å². The van der Waals surface area contributed by atoms with Gasteiger partial charge in [0.1, 0.15) is 0 Å². The summed E-state index contributed by atoms with van der Waals surface area (Å²) in [5.74, 6) is 0. The first kappa shape index (κ1) is 8.33. The quantitative estimate of drug-likeness (QED) is 0.597. The Balaban J connectivity index is 2.41. The molecular formula is C7H14N2O2. The van der Waals surface area contributed by atoms with Crippen molar-refractivity contribution in [2.45, 2.75) is 12.5 Å². The number of rotatable bonds is 1. The third-order valence-electron chi connectivity index (χ3n) is 2.16. The lowest BCUT2D eigenvalue weighted by atomic mass is 10.2. The fourth-order valence-electron chi connectivity index (χ4n) is 1.34. The van der Waals surface area contributed by atoms with Crippen LogP contribution < -0.4 is 0 Å². The lowest BCUT2D eigenvalue weighted by Crippen LogP contribution is -2.33. The maximum Gasteiger partial charge on any atom is 0.407 e. The molecule has 4 nitrogen and oxygen atoms in total. The molecule has 0 aliphatic carbocycles. The van der Waals surface area contributed by atoms with Gasteiger partial charge in [0.15, 0.2) is 0 Å². The van der Waals surface area contributed by atoms with E-state index < -0.39 is 6.09 Å². The zero-order chi connectivity index (χ0) is 8.43. The SMILES string of the molecule is CN(C)[C@@H]1CCN(C(=O)O)C1. The monoisotopic (exact) mass is 158 g/mol. The van der Waals surface area contributed by atoms with Gasteiger partial charge in [0, 0.05) is 19.1 Å². The van der Waals surface area contributed by atoms with Crippen molar-refractivity contribution in [3.8, 4) is 0 Å². The first-order chi connectivity index (χ1) is 5.11. The van der Waals surface area contributed by atoms with Gasteiger partial charge in [0.05, 0.1) is 0 Å². The van der Waals surface area contributed by atoms with Crippen LogP contribution in [0, 0.1) is 0 Å². The number of carboxylic acid groups (broad SMARTS) is 1. The van der Waals surface area contributed by atoms with Crippen LogP contribution in [0.25, 0.3) is 0 Å². The molecule has 1 aliphatic rings. The van der Waals surface area contributed by atoms with Gasteiger partial charge in [-0.3, -0.25) is 0 Å². The summed E-state index contributed by atoms with van der Waals surface area (Å²) >= 11 is 0. The van der Waals surface area contributed by atoms with Crippen LogP contribution in [0.4, 0.5) is 4.79 Å². The van der Waals surface area contributed by atoms with E-state index in [2.05, 4.69) is 4.90 Å². The number of carbonyl (C=O) groups is 1. The molecule has 1 saturated heterocycles. The third kappa shape index (κ3) is 1.83. The summed E-state index contributed by atoms with van der Waals surface area (Å²) in [6.07, 6.45) is 0.161. The van der Waals surface area contributed by atoms with E-state index in [4.69, 9.17) is 5.11 Å². The van der Waals surface area contributed by atoms with Gasteiger partial charge in [-0.2, -0.15) is 0 Å². The smallest absolute Gasteiger partial charge is 0.407 e. The number of nitrogens with zero attached hydrogens (tertiary/aromatic N) is 2. The number of likely N-dealkylation sites (tertiary alicyclic amines) is 1. The van der Waals surface area contributed by atoms with Gasteiger partial charge in [-0.05, 0) is 20.5 Å². The van der Waals surface area contributed by atoms with E-state index >= 15 is 0 Å². The molecule has 1 fully saturated rings. The number of likely N-dealkylation sites (N-methyl/N-ethyl adjacent to an activating group) is 1. The molecule has 1 heterocycles. The Kier molecular flexibility index (Phi) is 2.34. The molecule has 0 bridgehead atoms. The van der Waals surface area contributed by atoms with Crippen LogP contribution in [0.1, 0.15) is 6.42 Å². The number of amides is 1. The van der Waals surface area contributed by atoms with Gasteiger partial charge < -0.3 is 14.9 Å². The Bertz CT molecular complexity index is 159. The zero-order valence-corrected chi connectivity index (χ0v) is 6.95. The zero-order valence-electron chi connectivity index (χ0n) is 6.95. The summed E-state index contributed by atoms with van der Waals surface area (Å²) in [7, 11) is 3.96. The standard InChI is InChI=1S/C7H14N2O2/c1-8(2)6-3-4-9(5-6)7(10)11/h6H,3-5H2,1-2H3,(H,10,11)/t6-/m1/s1. The minimum Gasteiger partial charge on any atom is -0.465 e. The minimum absolute atomic E-state index is 0.408. The van der Waals surface area contributed by atoms with Crippen molar-refractivity contribution < 1.29 is 9.90 Å². The molecule has 64 valence electrons. The molecule has 1 rings (SSSR count). The first-order valence-corrected chi connectivity index (χ1v) is 3.75. The van der Waals surface area contributed by atoms with E-state index in [0.29, 0.717) is 19.1 Å². The average Bonchev–Trinajstić information content (AvgIpc) is 2.33. The van der Waals surface area contributed by atoms with Crippen molar-refractivity contribution in [1.82, 2.24) is 9.80 Å². The molecule has 1 aliphatic heterocycles. The third-order valence-corrected chi connectivity index (χ3v) is 2.16. The summed E-state index contributed by atoms with van der Waals surface area (Å²) in [6.45, 7) is 1.33. The van der Waals surface area contributed by atoms with Gasteiger partial charge in [-0.25, -0.2) is 4.79 Å². The van der Waals surface area contributed by atoms with E-state index in [9.17, 15) is 4.79 Å². The van der Waals surface area contributed by atoms with E-state index in [-0.39, 0.29) is 0 Å². The molecule has 1 atom stereocenters. The molecule has 11 heavy (non-hydrogen) atoms. The summed E-state index contributed by atoms with van der Waals surface area (Å²) in [5, 5.41) is 8.62. The van der Waals surface area contributed by atoms with Gasteiger partial charge >= 0.3 is 6.09 Å². The van der Waals surface area contributed by atoms with Crippen molar-refractivity contribution >= 4 is 6.09 Å². The second-order valence-electron chi connectivity index (χ2n) is 3.13. The molecule has 0 radical (unpaired) electrons. The molecule has 0 aromatic rings. The Morgan fingerprint density at radius 3 is 2.55 bits per heavy atom. The van der Waals surface area contributed by atoms with Crippen LogP contribution in [0.5, 0.6) is 0 Å². The predicted molar refractivity (Wildman–Crippen MR) is 41.7 cm³/mol. The van der Waals surface area contributed by atoms with E-state index in [1.165, 1.54) is 4.90 Å². The van der Waals surface area contributed by atoms with Crippen LogP contribution in [0.15, 0.2) is 0 Å². The highest BCUT2D eigenvalue weighted by molar-refractivity contribution is 5.65. The Hall–Kier alpha value is -0.770. The summed E-state index contributed by atoms with van der Waals surface area (Å²) in [6, 6.07) is 0.408. The Morgan fingerprint density at radius 2 is 2.27 bits per heavy atom. The van der Waals surface area contributed by atoms with Crippen LogP contribution in [0.3, 0.4) is 0 Å². The number of hydrogen-bond acceptors (Lipinski definition) is 2.